The molecule has 114 valence electrons. The quantitative estimate of drug-likeness (QED) is 0.805. The lowest BCUT2D eigenvalue weighted by Gasteiger charge is -2.22. The molecule has 1 saturated heterocycles. The van der Waals surface area contributed by atoms with Crippen molar-refractivity contribution in [1.82, 2.24) is 15.0 Å². The van der Waals surface area contributed by atoms with Crippen LogP contribution in [0.5, 0.6) is 0 Å². The zero-order chi connectivity index (χ0) is 15.7. The second-order valence-electron chi connectivity index (χ2n) is 5.62. The van der Waals surface area contributed by atoms with E-state index in [-0.39, 0.29) is 24.8 Å². The van der Waals surface area contributed by atoms with Crippen molar-refractivity contribution in [2.75, 3.05) is 0 Å². The lowest BCUT2D eigenvalue weighted by Crippen LogP contribution is -2.36. The van der Waals surface area contributed by atoms with E-state index in [4.69, 9.17) is 4.52 Å². The van der Waals surface area contributed by atoms with E-state index in [2.05, 4.69) is 10.1 Å². The Hall–Kier alpha value is -2.50. The minimum absolute atomic E-state index is 0.0591. The predicted octanol–water partition coefficient (Wildman–Crippen LogP) is 1.85. The molecule has 0 bridgehead atoms. The zero-order valence-corrected chi connectivity index (χ0v) is 12.6. The molecule has 1 atom stereocenters. The summed E-state index contributed by atoms with van der Waals surface area (Å²) in [5, 5.41) is 3.81. The first-order valence-corrected chi connectivity index (χ1v) is 7.26. The topological polar surface area (TPSA) is 76.3 Å². The predicted molar refractivity (Wildman–Crippen MR) is 77.6 cm³/mol. The van der Waals surface area contributed by atoms with Crippen LogP contribution in [-0.4, -0.2) is 26.9 Å². The van der Waals surface area contributed by atoms with E-state index in [0.29, 0.717) is 18.1 Å². The van der Waals surface area contributed by atoms with E-state index >= 15 is 0 Å². The third kappa shape index (κ3) is 2.30. The fourth-order valence-corrected chi connectivity index (χ4v) is 2.72. The van der Waals surface area contributed by atoms with Crippen molar-refractivity contribution >= 4 is 11.8 Å². The molecule has 0 N–H and O–H groups in total. The van der Waals surface area contributed by atoms with Gasteiger partial charge < -0.3 is 4.52 Å². The minimum Gasteiger partial charge on any atom is -0.339 e. The van der Waals surface area contributed by atoms with Crippen molar-refractivity contribution < 1.29 is 14.1 Å². The van der Waals surface area contributed by atoms with Gasteiger partial charge in [-0.1, -0.05) is 42.4 Å². The van der Waals surface area contributed by atoms with Crippen molar-refractivity contribution in [2.24, 2.45) is 0 Å². The highest BCUT2D eigenvalue weighted by molar-refractivity contribution is 6.08. The molecule has 0 aliphatic carbocycles. The summed E-state index contributed by atoms with van der Waals surface area (Å²) in [4.78, 5) is 30.4. The number of likely N-dealkylation sites (tertiary alicyclic amines) is 1. The van der Waals surface area contributed by atoms with Crippen LogP contribution in [0.1, 0.15) is 37.5 Å². The molecule has 1 aliphatic heterocycles. The van der Waals surface area contributed by atoms with Gasteiger partial charge >= 0.3 is 0 Å². The van der Waals surface area contributed by atoms with Crippen molar-refractivity contribution in [3.63, 3.8) is 0 Å². The van der Waals surface area contributed by atoms with E-state index in [1.807, 2.05) is 37.3 Å². The average molecular weight is 299 g/mol. The van der Waals surface area contributed by atoms with Crippen LogP contribution in [0.25, 0.3) is 0 Å². The molecule has 0 saturated carbocycles. The Morgan fingerprint density at radius 2 is 2.00 bits per heavy atom. The molecule has 6 nitrogen and oxygen atoms in total. The summed E-state index contributed by atoms with van der Waals surface area (Å²) in [7, 11) is 0. The number of aromatic nitrogens is 2. The molecule has 1 aromatic heterocycles. The molecule has 0 radical (unpaired) electrons. The number of rotatable bonds is 4. The molecule has 2 aromatic rings. The molecule has 1 aromatic carbocycles. The Morgan fingerprint density at radius 3 is 2.64 bits per heavy atom. The Bertz CT molecular complexity index is 710. The summed E-state index contributed by atoms with van der Waals surface area (Å²) < 4.78 is 5.02. The third-order valence-electron chi connectivity index (χ3n) is 4.05. The maximum Gasteiger partial charge on any atom is 0.240 e. The maximum absolute atomic E-state index is 12.7. The summed E-state index contributed by atoms with van der Waals surface area (Å²) in [6.45, 7) is 3.76. The van der Waals surface area contributed by atoms with Crippen LogP contribution in [0.4, 0.5) is 0 Å². The van der Waals surface area contributed by atoms with E-state index in [1.165, 1.54) is 4.90 Å². The van der Waals surface area contributed by atoms with Gasteiger partial charge in [-0.15, -0.1) is 0 Å². The van der Waals surface area contributed by atoms with Gasteiger partial charge in [0.1, 0.15) is 0 Å². The van der Waals surface area contributed by atoms with Gasteiger partial charge in [0, 0.05) is 12.8 Å². The van der Waals surface area contributed by atoms with Crippen LogP contribution in [0.15, 0.2) is 34.9 Å². The highest BCUT2D eigenvalue weighted by atomic mass is 16.5. The van der Waals surface area contributed by atoms with E-state index < -0.39 is 5.41 Å². The Morgan fingerprint density at radius 1 is 1.27 bits per heavy atom. The Kier molecular flexibility index (Phi) is 3.52. The molecule has 2 heterocycles. The first kappa shape index (κ1) is 14.4. The fourth-order valence-electron chi connectivity index (χ4n) is 2.72. The molecular weight excluding hydrogens is 282 g/mol. The van der Waals surface area contributed by atoms with Crippen LogP contribution in [0, 0.1) is 0 Å². The van der Waals surface area contributed by atoms with E-state index in [9.17, 15) is 9.59 Å². The average Bonchev–Trinajstić information content (AvgIpc) is 3.07. The van der Waals surface area contributed by atoms with E-state index in [0.717, 1.165) is 5.56 Å². The minimum atomic E-state index is -0.824. The standard InChI is InChI=1S/C16H17N3O3/c1-3-13-17-12(18-22-13)10-19-14(20)9-16(2,15(19)21)11-7-5-4-6-8-11/h4-8H,3,9-10H2,1-2H3. The molecule has 0 spiro atoms. The largest absolute Gasteiger partial charge is 0.339 e. The van der Waals surface area contributed by atoms with Gasteiger partial charge in [0.25, 0.3) is 0 Å². The maximum atomic E-state index is 12.7. The van der Waals surface area contributed by atoms with Gasteiger partial charge in [0.15, 0.2) is 5.82 Å². The zero-order valence-electron chi connectivity index (χ0n) is 12.6. The smallest absolute Gasteiger partial charge is 0.240 e. The first-order chi connectivity index (χ1) is 10.5. The van der Waals surface area contributed by atoms with Crippen molar-refractivity contribution in [2.45, 2.75) is 38.6 Å². The Labute approximate surface area is 128 Å². The molecule has 1 fully saturated rings. The monoisotopic (exact) mass is 299 g/mol. The molecular formula is C16H17N3O3. The summed E-state index contributed by atoms with van der Waals surface area (Å²) in [6.07, 6.45) is 0.783. The lowest BCUT2D eigenvalue weighted by molar-refractivity contribution is -0.140. The summed E-state index contributed by atoms with van der Waals surface area (Å²) in [6, 6.07) is 9.37. The number of nitrogens with zero attached hydrogens (tertiary/aromatic N) is 3. The van der Waals surface area contributed by atoms with Gasteiger partial charge in [-0.2, -0.15) is 4.98 Å². The molecule has 1 unspecified atom stereocenters. The van der Waals surface area contributed by atoms with Crippen molar-refractivity contribution in [3.05, 3.63) is 47.6 Å². The second-order valence-corrected chi connectivity index (χ2v) is 5.62. The van der Waals surface area contributed by atoms with Crippen LogP contribution < -0.4 is 0 Å². The second kappa shape index (κ2) is 5.36. The van der Waals surface area contributed by atoms with Crippen LogP contribution in [0.3, 0.4) is 0 Å². The number of carbonyl (C=O) groups excluding carboxylic acids is 2. The van der Waals surface area contributed by atoms with Gasteiger partial charge in [0.05, 0.1) is 12.0 Å². The normalized spacial score (nSPS) is 21.6. The third-order valence-corrected chi connectivity index (χ3v) is 4.05. The molecule has 6 heteroatoms. The van der Waals surface area contributed by atoms with Gasteiger partial charge in [-0.05, 0) is 12.5 Å². The number of benzene rings is 1. The molecule has 2 amide bonds. The number of hydrogen-bond donors (Lipinski definition) is 0. The highest BCUT2D eigenvalue weighted by Gasteiger charge is 2.49. The number of imide groups is 1. The number of amides is 2. The van der Waals surface area contributed by atoms with Crippen molar-refractivity contribution in [1.29, 1.82) is 0 Å². The number of carbonyl (C=O) groups is 2. The van der Waals surface area contributed by atoms with Gasteiger partial charge in [-0.3, -0.25) is 14.5 Å². The summed E-state index contributed by atoms with van der Waals surface area (Å²) in [5.41, 5.74) is 0.0218. The molecule has 22 heavy (non-hydrogen) atoms. The summed E-state index contributed by atoms with van der Waals surface area (Å²) >= 11 is 0. The van der Waals surface area contributed by atoms with E-state index in [1.54, 1.807) is 6.92 Å². The van der Waals surface area contributed by atoms with Gasteiger partial charge in [0.2, 0.25) is 17.7 Å². The van der Waals surface area contributed by atoms with Crippen molar-refractivity contribution in [3.8, 4) is 0 Å². The van der Waals surface area contributed by atoms with Crippen LogP contribution in [0.2, 0.25) is 0 Å². The number of aryl methyl sites for hydroxylation is 1. The SMILES string of the molecule is CCc1nc(CN2C(=O)CC(C)(c3ccccc3)C2=O)no1. The lowest BCUT2D eigenvalue weighted by atomic mass is 9.81. The first-order valence-electron chi connectivity index (χ1n) is 7.26. The van der Waals surface area contributed by atoms with Crippen LogP contribution in [-0.2, 0) is 28.0 Å². The Balaban J connectivity index is 1.85. The van der Waals surface area contributed by atoms with Gasteiger partial charge in [-0.25, -0.2) is 0 Å². The summed E-state index contributed by atoms with van der Waals surface area (Å²) in [5.74, 6) is 0.432. The highest BCUT2D eigenvalue weighted by Crippen LogP contribution is 2.36. The number of hydrogen-bond acceptors (Lipinski definition) is 5. The van der Waals surface area contributed by atoms with Crippen LogP contribution >= 0.6 is 0 Å². The molecule has 1 aliphatic rings. The fraction of sp³-hybridized carbons (Fsp3) is 0.375. The molecule has 3 rings (SSSR count).